The molecule has 0 aliphatic carbocycles. The maximum Gasteiger partial charge on any atom is 0.119 e. The lowest BCUT2D eigenvalue weighted by atomic mass is 10.0. The minimum absolute atomic E-state index is 0.294. The number of aliphatic hydroxyl groups excluding tert-OH is 1. The second-order valence-electron chi connectivity index (χ2n) is 6.76. The third-order valence-electron chi connectivity index (χ3n) is 4.86. The molecular formula is C21H24N2O2. The van der Waals surface area contributed by atoms with Crippen LogP contribution in [0.2, 0.25) is 0 Å². The van der Waals surface area contributed by atoms with Crippen molar-refractivity contribution in [3.63, 3.8) is 0 Å². The van der Waals surface area contributed by atoms with E-state index in [4.69, 9.17) is 4.74 Å². The molecule has 4 nitrogen and oxygen atoms in total. The first kappa shape index (κ1) is 16.2. The molecule has 0 amide bonds. The van der Waals surface area contributed by atoms with Gasteiger partial charge in [0.1, 0.15) is 18.5 Å². The Morgan fingerprint density at radius 2 is 2.04 bits per heavy atom. The number of aromatic nitrogens is 1. The van der Waals surface area contributed by atoms with Crippen molar-refractivity contribution in [1.29, 1.82) is 0 Å². The van der Waals surface area contributed by atoms with Gasteiger partial charge in [-0.3, -0.25) is 0 Å². The predicted molar refractivity (Wildman–Crippen MR) is 100 cm³/mol. The van der Waals surface area contributed by atoms with Crippen LogP contribution in [0.1, 0.15) is 16.8 Å². The average Bonchev–Trinajstić information content (AvgIpc) is 2.94. The molecule has 0 saturated carbocycles. The number of aliphatic hydroxyl groups is 1. The van der Waals surface area contributed by atoms with Gasteiger partial charge in [0.05, 0.1) is 6.54 Å². The standard InChI is InChI=1S/C21H24N2O2/c1-15-7-8-20-18(11-15)19-12-22-10-9-21(19)23(20)13-16(24)14-25-17-5-3-2-4-6-17/h2-8,11,16,22,24H,9-10,12-14H2,1H3. The minimum Gasteiger partial charge on any atom is -0.491 e. The number of nitrogens with one attached hydrogen (secondary N) is 1. The third kappa shape index (κ3) is 3.28. The van der Waals surface area contributed by atoms with Crippen LogP contribution < -0.4 is 10.1 Å². The zero-order valence-corrected chi connectivity index (χ0v) is 14.5. The summed E-state index contributed by atoms with van der Waals surface area (Å²) in [5.41, 5.74) is 5.20. The lowest BCUT2D eigenvalue weighted by molar-refractivity contribution is 0.0928. The van der Waals surface area contributed by atoms with E-state index in [1.807, 2.05) is 30.3 Å². The molecule has 4 rings (SSSR count). The third-order valence-corrected chi connectivity index (χ3v) is 4.86. The summed E-state index contributed by atoms with van der Waals surface area (Å²) < 4.78 is 8.00. The smallest absolute Gasteiger partial charge is 0.119 e. The molecule has 0 saturated heterocycles. The summed E-state index contributed by atoms with van der Waals surface area (Å²) in [6.07, 6.45) is 0.450. The highest BCUT2D eigenvalue weighted by molar-refractivity contribution is 5.86. The molecule has 130 valence electrons. The molecule has 0 radical (unpaired) electrons. The minimum atomic E-state index is -0.545. The molecule has 1 aromatic heterocycles. The molecule has 1 unspecified atom stereocenters. The van der Waals surface area contributed by atoms with Crippen LogP contribution in [0.5, 0.6) is 5.75 Å². The van der Waals surface area contributed by atoms with Gasteiger partial charge in [0, 0.05) is 36.1 Å². The van der Waals surface area contributed by atoms with Crippen LogP contribution in [0.15, 0.2) is 48.5 Å². The van der Waals surface area contributed by atoms with Crippen molar-refractivity contribution in [1.82, 2.24) is 9.88 Å². The van der Waals surface area contributed by atoms with E-state index in [0.29, 0.717) is 13.2 Å². The molecule has 3 aromatic rings. The summed E-state index contributed by atoms with van der Waals surface area (Å²) in [5.74, 6) is 0.792. The van der Waals surface area contributed by atoms with Gasteiger partial charge in [0.15, 0.2) is 0 Å². The van der Waals surface area contributed by atoms with Crippen molar-refractivity contribution in [3.05, 3.63) is 65.4 Å². The number of fused-ring (bicyclic) bond motifs is 3. The van der Waals surface area contributed by atoms with Gasteiger partial charge in [-0.1, -0.05) is 29.8 Å². The first-order valence-electron chi connectivity index (χ1n) is 8.89. The second kappa shape index (κ2) is 6.90. The zero-order valence-electron chi connectivity index (χ0n) is 14.5. The number of aryl methyl sites for hydroxylation is 1. The fourth-order valence-electron chi connectivity index (χ4n) is 3.68. The van der Waals surface area contributed by atoms with Gasteiger partial charge in [-0.05, 0) is 36.8 Å². The van der Waals surface area contributed by atoms with Crippen molar-refractivity contribution in [2.45, 2.75) is 32.5 Å². The van der Waals surface area contributed by atoms with E-state index in [2.05, 4.69) is 35.0 Å². The monoisotopic (exact) mass is 336 g/mol. The molecule has 0 spiro atoms. The molecule has 2 heterocycles. The zero-order chi connectivity index (χ0) is 17.2. The molecule has 2 aromatic carbocycles. The normalized spacial score (nSPS) is 15.1. The number of rotatable bonds is 5. The molecule has 0 bridgehead atoms. The van der Waals surface area contributed by atoms with Gasteiger partial charge >= 0.3 is 0 Å². The highest BCUT2D eigenvalue weighted by Crippen LogP contribution is 2.29. The maximum atomic E-state index is 10.5. The van der Waals surface area contributed by atoms with E-state index in [0.717, 1.165) is 25.3 Å². The first-order valence-corrected chi connectivity index (χ1v) is 8.89. The number of para-hydroxylation sites is 1. The van der Waals surface area contributed by atoms with Gasteiger partial charge in [-0.15, -0.1) is 0 Å². The molecule has 1 atom stereocenters. The van der Waals surface area contributed by atoms with E-state index in [-0.39, 0.29) is 0 Å². The predicted octanol–water partition coefficient (Wildman–Crippen LogP) is 3.04. The second-order valence-corrected chi connectivity index (χ2v) is 6.76. The topological polar surface area (TPSA) is 46.4 Å². The van der Waals surface area contributed by atoms with Gasteiger partial charge in [-0.2, -0.15) is 0 Å². The van der Waals surface area contributed by atoms with Crippen LogP contribution in [0, 0.1) is 6.92 Å². The Bertz CT molecular complexity index is 870. The average molecular weight is 336 g/mol. The molecule has 2 N–H and O–H groups in total. The van der Waals surface area contributed by atoms with Crippen molar-refractivity contribution < 1.29 is 9.84 Å². The van der Waals surface area contributed by atoms with Crippen LogP contribution in [0.4, 0.5) is 0 Å². The quantitative estimate of drug-likeness (QED) is 0.753. The Hall–Kier alpha value is -2.30. The number of hydrogen-bond acceptors (Lipinski definition) is 3. The Kier molecular flexibility index (Phi) is 4.47. The maximum absolute atomic E-state index is 10.5. The number of ether oxygens (including phenoxy) is 1. The number of hydrogen-bond donors (Lipinski definition) is 2. The Morgan fingerprint density at radius 3 is 2.88 bits per heavy atom. The van der Waals surface area contributed by atoms with E-state index < -0.39 is 6.10 Å². The highest BCUT2D eigenvalue weighted by Gasteiger charge is 2.21. The van der Waals surface area contributed by atoms with Gasteiger partial charge < -0.3 is 19.7 Å². The van der Waals surface area contributed by atoms with Gasteiger partial charge in [-0.25, -0.2) is 0 Å². The summed E-state index contributed by atoms with van der Waals surface area (Å²) in [7, 11) is 0. The molecule has 0 fully saturated rings. The van der Waals surface area contributed by atoms with Crippen LogP contribution in [0.3, 0.4) is 0 Å². The van der Waals surface area contributed by atoms with E-state index >= 15 is 0 Å². The number of benzene rings is 2. The lowest BCUT2D eigenvalue weighted by Crippen LogP contribution is -2.28. The molecular weight excluding hydrogens is 312 g/mol. The van der Waals surface area contributed by atoms with Crippen molar-refractivity contribution in [2.75, 3.05) is 13.2 Å². The molecule has 1 aliphatic rings. The largest absolute Gasteiger partial charge is 0.491 e. The number of nitrogens with zero attached hydrogens (tertiary/aromatic N) is 1. The fourth-order valence-corrected chi connectivity index (χ4v) is 3.68. The van der Waals surface area contributed by atoms with Crippen molar-refractivity contribution in [3.8, 4) is 5.75 Å². The van der Waals surface area contributed by atoms with E-state index in [9.17, 15) is 5.11 Å². The molecule has 25 heavy (non-hydrogen) atoms. The Balaban J connectivity index is 1.58. The fraction of sp³-hybridized carbons (Fsp3) is 0.333. The summed E-state index contributed by atoms with van der Waals surface area (Å²) in [6, 6.07) is 16.2. The van der Waals surface area contributed by atoms with Crippen LogP contribution in [-0.2, 0) is 19.5 Å². The van der Waals surface area contributed by atoms with Gasteiger partial charge in [0.2, 0.25) is 0 Å². The van der Waals surface area contributed by atoms with Crippen LogP contribution >= 0.6 is 0 Å². The van der Waals surface area contributed by atoms with Crippen molar-refractivity contribution in [2.24, 2.45) is 0 Å². The first-order chi connectivity index (χ1) is 12.2. The van der Waals surface area contributed by atoms with E-state index in [1.54, 1.807) is 0 Å². The summed E-state index contributed by atoms with van der Waals surface area (Å²) in [6.45, 7) is 4.87. The Morgan fingerprint density at radius 1 is 1.20 bits per heavy atom. The summed E-state index contributed by atoms with van der Waals surface area (Å²) in [5, 5.41) is 15.3. The van der Waals surface area contributed by atoms with Crippen LogP contribution in [-0.4, -0.2) is 28.9 Å². The molecule has 4 heteroatoms. The highest BCUT2D eigenvalue weighted by atomic mass is 16.5. The lowest BCUT2D eigenvalue weighted by Gasteiger charge is -2.19. The van der Waals surface area contributed by atoms with E-state index in [1.165, 1.54) is 27.7 Å². The summed E-state index contributed by atoms with van der Waals surface area (Å²) >= 11 is 0. The SMILES string of the molecule is Cc1ccc2c(c1)c1c(n2CC(O)COc2ccccc2)CCNC1. The Labute approximate surface area is 148 Å². The van der Waals surface area contributed by atoms with Crippen LogP contribution in [0.25, 0.3) is 10.9 Å². The van der Waals surface area contributed by atoms with Gasteiger partial charge in [0.25, 0.3) is 0 Å². The molecule has 1 aliphatic heterocycles. The van der Waals surface area contributed by atoms with Crippen molar-refractivity contribution >= 4 is 10.9 Å². The summed E-state index contributed by atoms with van der Waals surface area (Å²) in [4.78, 5) is 0.